The lowest BCUT2D eigenvalue weighted by Gasteiger charge is -2.30. The molecule has 0 aliphatic carbocycles. The first-order valence-corrected chi connectivity index (χ1v) is 7.81. The Morgan fingerprint density at radius 1 is 1.26 bits per heavy atom. The van der Waals surface area contributed by atoms with E-state index in [9.17, 15) is 14.4 Å². The first-order valence-electron chi connectivity index (χ1n) is 7.81. The van der Waals surface area contributed by atoms with Gasteiger partial charge in [-0.25, -0.2) is 0 Å². The summed E-state index contributed by atoms with van der Waals surface area (Å²) in [6, 6.07) is 7.44. The maximum Gasteiger partial charge on any atom is 0.253 e. The second-order valence-corrected chi connectivity index (χ2v) is 6.00. The summed E-state index contributed by atoms with van der Waals surface area (Å²) in [5.74, 6) is -0.363. The topological polar surface area (TPSA) is 83.7 Å². The van der Waals surface area contributed by atoms with Crippen LogP contribution in [-0.2, 0) is 16.1 Å². The Hall–Kier alpha value is -2.21. The van der Waals surface area contributed by atoms with E-state index in [1.807, 2.05) is 12.1 Å². The van der Waals surface area contributed by atoms with Gasteiger partial charge in [0, 0.05) is 25.1 Å². The van der Waals surface area contributed by atoms with Crippen molar-refractivity contribution in [2.24, 2.45) is 11.7 Å². The van der Waals surface area contributed by atoms with Gasteiger partial charge in [0.05, 0.1) is 6.54 Å². The second-order valence-electron chi connectivity index (χ2n) is 6.00. The zero-order valence-electron chi connectivity index (χ0n) is 13.4. The summed E-state index contributed by atoms with van der Waals surface area (Å²) in [5, 5.41) is 0. The monoisotopic (exact) mass is 317 g/mol. The number of carbonyl (C=O) groups excluding carboxylic acids is 3. The average Bonchev–Trinajstić information content (AvgIpc) is 2.55. The number of hydrogen-bond donors (Lipinski definition) is 1. The molecule has 23 heavy (non-hydrogen) atoms. The van der Waals surface area contributed by atoms with Crippen LogP contribution in [0.25, 0.3) is 0 Å². The molecule has 0 atom stereocenters. The van der Waals surface area contributed by atoms with E-state index in [1.54, 1.807) is 19.2 Å². The highest BCUT2D eigenvalue weighted by molar-refractivity contribution is 5.95. The summed E-state index contributed by atoms with van der Waals surface area (Å²) in [6.07, 6.45) is 2.33. The van der Waals surface area contributed by atoms with Gasteiger partial charge in [-0.05, 0) is 43.6 Å². The van der Waals surface area contributed by atoms with Crippen LogP contribution in [0.3, 0.4) is 0 Å². The predicted molar refractivity (Wildman–Crippen MR) is 86.7 cm³/mol. The van der Waals surface area contributed by atoms with Crippen LogP contribution >= 0.6 is 0 Å². The zero-order chi connectivity index (χ0) is 16.8. The summed E-state index contributed by atoms with van der Waals surface area (Å²) < 4.78 is 0. The van der Waals surface area contributed by atoms with E-state index in [-0.39, 0.29) is 24.3 Å². The Bertz CT molecular complexity index is 563. The number of carbonyl (C=O) groups is 3. The molecule has 0 unspecified atom stereocenters. The van der Waals surface area contributed by atoms with Crippen LogP contribution in [0.2, 0.25) is 0 Å². The molecule has 0 aromatic heterocycles. The minimum atomic E-state index is -0.202. The van der Waals surface area contributed by atoms with E-state index >= 15 is 0 Å². The standard InChI is InChI=1S/C17H23N3O3/c1-19(10-11-21)17(23)15-4-2-13(3-5-15)12-20-8-6-14(7-9-20)16(18)22/h2-5,11,14H,6-10,12H2,1H3,(H2,18,22). The molecule has 124 valence electrons. The number of likely N-dealkylation sites (tertiary alicyclic amines) is 1. The van der Waals surface area contributed by atoms with Crippen molar-refractivity contribution in [2.45, 2.75) is 19.4 Å². The largest absolute Gasteiger partial charge is 0.369 e. The van der Waals surface area contributed by atoms with Crippen LogP contribution < -0.4 is 5.73 Å². The summed E-state index contributed by atoms with van der Waals surface area (Å²) in [4.78, 5) is 37.4. The van der Waals surface area contributed by atoms with Crippen LogP contribution in [0.4, 0.5) is 0 Å². The smallest absolute Gasteiger partial charge is 0.253 e. The van der Waals surface area contributed by atoms with Crippen LogP contribution in [0.1, 0.15) is 28.8 Å². The Morgan fingerprint density at radius 2 is 1.87 bits per heavy atom. The molecule has 1 aliphatic heterocycles. The maximum atomic E-state index is 12.0. The molecule has 6 nitrogen and oxygen atoms in total. The molecule has 2 rings (SSSR count). The van der Waals surface area contributed by atoms with Crippen molar-refractivity contribution in [1.82, 2.24) is 9.80 Å². The Labute approximate surface area is 136 Å². The van der Waals surface area contributed by atoms with Crippen LogP contribution in [0.5, 0.6) is 0 Å². The van der Waals surface area contributed by atoms with Crippen molar-refractivity contribution in [2.75, 3.05) is 26.7 Å². The summed E-state index contributed by atoms with van der Waals surface area (Å²) >= 11 is 0. The molecule has 2 amide bonds. The minimum Gasteiger partial charge on any atom is -0.369 e. The number of likely N-dealkylation sites (N-methyl/N-ethyl adjacent to an activating group) is 1. The number of piperidine rings is 1. The molecular weight excluding hydrogens is 294 g/mol. The van der Waals surface area contributed by atoms with Crippen molar-refractivity contribution in [1.29, 1.82) is 0 Å². The molecule has 0 radical (unpaired) electrons. The maximum absolute atomic E-state index is 12.0. The number of hydrogen-bond acceptors (Lipinski definition) is 4. The van der Waals surface area contributed by atoms with Crippen molar-refractivity contribution in [3.63, 3.8) is 0 Å². The number of aldehydes is 1. The quantitative estimate of drug-likeness (QED) is 0.781. The first kappa shape index (κ1) is 17.1. The molecule has 2 N–H and O–H groups in total. The highest BCUT2D eigenvalue weighted by atomic mass is 16.2. The first-order chi connectivity index (χ1) is 11.0. The number of rotatable bonds is 6. The molecule has 1 saturated heterocycles. The van der Waals surface area contributed by atoms with Crippen molar-refractivity contribution in [3.8, 4) is 0 Å². The van der Waals surface area contributed by atoms with Gasteiger partial charge in [0.25, 0.3) is 5.91 Å². The molecule has 1 aromatic carbocycles. The van der Waals surface area contributed by atoms with E-state index in [4.69, 9.17) is 5.73 Å². The molecule has 0 spiro atoms. The van der Waals surface area contributed by atoms with Gasteiger partial charge in [-0.2, -0.15) is 0 Å². The van der Waals surface area contributed by atoms with Gasteiger partial charge in [0.2, 0.25) is 5.91 Å². The van der Waals surface area contributed by atoms with Gasteiger partial charge in [-0.15, -0.1) is 0 Å². The molecule has 1 aromatic rings. The summed E-state index contributed by atoms with van der Waals surface area (Å²) in [7, 11) is 1.60. The van der Waals surface area contributed by atoms with Crippen molar-refractivity contribution >= 4 is 18.1 Å². The van der Waals surface area contributed by atoms with Crippen molar-refractivity contribution < 1.29 is 14.4 Å². The number of nitrogens with zero attached hydrogens (tertiary/aromatic N) is 2. The molecule has 1 heterocycles. The Kier molecular flexibility index (Phi) is 5.87. The average molecular weight is 317 g/mol. The van der Waals surface area contributed by atoms with Gasteiger partial charge in [-0.3, -0.25) is 14.5 Å². The van der Waals surface area contributed by atoms with Crippen LogP contribution in [0, 0.1) is 5.92 Å². The van der Waals surface area contributed by atoms with Crippen LogP contribution in [-0.4, -0.2) is 54.6 Å². The van der Waals surface area contributed by atoms with E-state index in [0.717, 1.165) is 38.0 Å². The molecular formula is C17H23N3O3. The van der Waals surface area contributed by atoms with E-state index in [1.165, 1.54) is 4.90 Å². The van der Waals surface area contributed by atoms with Crippen LogP contribution in [0.15, 0.2) is 24.3 Å². The molecule has 0 bridgehead atoms. The molecule has 1 aliphatic rings. The second kappa shape index (κ2) is 7.87. The number of nitrogens with two attached hydrogens (primary N) is 1. The minimum absolute atomic E-state index is 0.000367. The zero-order valence-corrected chi connectivity index (χ0v) is 13.4. The van der Waals surface area contributed by atoms with Gasteiger partial charge in [-0.1, -0.05) is 12.1 Å². The Balaban J connectivity index is 1.89. The normalized spacial score (nSPS) is 16.0. The lowest BCUT2D eigenvalue weighted by molar-refractivity contribution is -0.123. The fourth-order valence-corrected chi connectivity index (χ4v) is 2.80. The fraction of sp³-hybridized carbons (Fsp3) is 0.471. The predicted octanol–water partition coefficient (Wildman–Crippen LogP) is 0.655. The van der Waals surface area contributed by atoms with E-state index in [0.29, 0.717) is 11.8 Å². The highest BCUT2D eigenvalue weighted by Gasteiger charge is 2.23. The summed E-state index contributed by atoms with van der Waals surface area (Å²) in [6.45, 7) is 2.60. The van der Waals surface area contributed by atoms with Gasteiger partial charge >= 0.3 is 0 Å². The van der Waals surface area contributed by atoms with Gasteiger partial charge in [0.15, 0.2) is 0 Å². The molecule has 6 heteroatoms. The SMILES string of the molecule is CN(CC=O)C(=O)c1ccc(CN2CCC(C(N)=O)CC2)cc1. The molecule has 1 fully saturated rings. The third-order valence-electron chi connectivity index (χ3n) is 4.29. The fourth-order valence-electron chi connectivity index (χ4n) is 2.80. The van der Waals surface area contributed by atoms with Crippen molar-refractivity contribution in [3.05, 3.63) is 35.4 Å². The van der Waals surface area contributed by atoms with E-state index in [2.05, 4.69) is 4.90 Å². The highest BCUT2D eigenvalue weighted by Crippen LogP contribution is 2.19. The van der Waals surface area contributed by atoms with E-state index < -0.39 is 0 Å². The number of benzene rings is 1. The molecule has 0 saturated carbocycles. The Morgan fingerprint density at radius 3 is 2.39 bits per heavy atom. The summed E-state index contributed by atoms with van der Waals surface area (Å²) in [5.41, 5.74) is 7.04. The van der Waals surface area contributed by atoms with Gasteiger partial charge < -0.3 is 15.4 Å². The number of primary amides is 1. The third kappa shape index (κ3) is 4.63. The van der Waals surface area contributed by atoms with Gasteiger partial charge in [0.1, 0.15) is 6.29 Å². The lowest BCUT2D eigenvalue weighted by Crippen LogP contribution is -2.38. The third-order valence-corrected chi connectivity index (χ3v) is 4.29. The lowest BCUT2D eigenvalue weighted by atomic mass is 9.96. The number of amides is 2.